The highest BCUT2D eigenvalue weighted by Gasteiger charge is 2.21. The highest BCUT2D eigenvalue weighted by Crippen LogP contribution is 2.31. The van der Waals surface area contributed by atoms with Crippen molar-refractivity contribution in [2.75, 3.05) is 0 Å². The number of amides is 1. The summed E-state index contributed by atoms with van der Waals surface area (Å²) in [5.74, 6) is 0.361. The SMILES string of the molecule is Cc1c(C(=O)NC(C)Cc2ccsc2)cnn1-c1ncc2c(n1)-c1ccccc1CCC2. The highest BCUT2D eigenvalue weighted by molar-refractivity contribution is 7.07. The van der Waals surface area contributed by atoms with Crippen molar-refractivity contribution in [1.82, 2.24) is 25.1 Å². The number of aromatic nitrogens is 4. The number of hydrogen-bond donors (Lipinski definition) is 1. The second-order valence-electron chi connectivity index (χ2n) is 8.32. The zero-order chi connectivity index (χ0) is 22.1. The van der Waals surface area contributed by atoms with Gasteiger partial charge in [0.1, 0.15) is 0 Å². The molecule has 1 atom stereocenters. The molecule has 0 saturated carbocycles. The van der Waals surface area contributed by atoms with Gasteiger partial charge in [-0.3, -0.25) is 4.79 Å². The van der Waals surface area contributed by atoms with Crippen LogP contribution in [0, 0.1) is 6.92 Å². The third-order valence-corrected chi connectivity index (χ3v) is 6.69. The van der Waals surface area contributed by atoms with Gasteiger partial charge in [-0.25, -0.2) is 14.6 Å². The van der Waals surface area contributed by atoms with Gasteiger partial charge in [0.05, 0.1) is 23.1 Å². The summed E-state index contributed by atoms with van der Waals surface area (Å²) in [5, 5.41) is 11.7. The molecule has 0 spiro atoms. The predicted octanol–water partition coefficient (Wildman–Crippen LogP) is 4.55. The van der Waals surface area contributed by atoms with E-state index >= 15 is 0 Å². The second kappa shape index (κ2) is 8.67. The molecular formula is C25H25N5OS. The molecule has 4 aromatic rings. The Morgan fingerprint density at radius 2 is 2.03 bits per heavy atom. The monoisotopic (exact) mass is 443 g/mol. The van der Waals surface area contributed by atoms with Crippen molar-refractivity contribution in [2.45, 2.75) is 45.6 Å². The summed E-state index contributed by atoms with van der Waals surface area (Å²) >= 11 is 1.67. The second-order valence-corrected chi connectivity index (χ2v) is 9.10. The van der Waals surface area contributed by atoms with Crippen molar-refractivity contribution in [2.24, 2.45) is 0 Å². The van der Waals surface area contributed by atoms with Crippen LogP contribution < -0.4 is 5.32 Å². The quantitative estimate of drug-likeness (QED) is 0.491. The van der Waals surface area contributed by atoms with E-state index < -0.39 is 0 Å². The van der Waals surface area contributed by atoms with Crippen LogP contribution in [0.3, 0.4) is 0 Å². The number of fused-ring (bicyclic) bond motifs is 3. The van der Waals surface area contributed by atoms with E-state index in [0.29, 0.717) is 11.5 Å². The number of aryl methyl sites for hydroxylation is 2. The number of hydrogen-bond acceptors (Lipinski definition) is 5. The van der Waals surface area contributed by atoms with E-state index in [-0.39, 0.29) is 11.9 Å². The van der Waals surface area contributed by atoms with E-state index in [9.17, 15) is 4.79 Å². The molecule has 1 aliphatic rings. The number of carbonyl (C=O) groups excluding carboxylic acids is 1. The normalized spacial score (nSPS) is 13.7. The molecule has 0 saturated heterocycles. The zero-order valence-electron chi connectivity index (χ0n) is 18.2. The van der Waals surface area contributed by atoms with E-state index in [1.807, 2.05) is 20.0 Å². The lowest BCUT2D eigenvalue weighted by molar-refractivity contribution is 0.0939. The molecule has 32 heavy (non-hydrogen) atoms. The van der Waals surface area contributed by atoms with Crippen LogP contribution in [0.15, 0.2) is 53.5 Å². The van der Waals surface area contributed by atoms with Crippen molar-refractivity contribution >= 4 is 17.2 Å². The molecule has 1 unspecified atom stereocenters. The summed E-state index contributed by atoms with van der Waals surface area (Å²) in [6.45, 7) is 3.90. The molecule has 0 aliphatic heterocycles. The Morgan fingerprint density at radius 3 is 2.88 bits per heavy atom. The average Bonchev–Trinajstić information content (AvgIpc) is 3.39. The Bertz CT molecular complexity index is 1260. The lowest BCUT2D eigenvalue weighted by atomic mass is 10.0. The first-order valence-electron chi connectivity index (χ1n) is 10.9. The molecule has 5 rings (SSSR count). The Hall–Kier alpha value is -3.32. The van der Waals surface area contributed by atoms with E-state index in [4.69, 9.17) is 4.98 Å². The molecule has 0 bridgehead atoms. The molecule has 7 heteroatoms. The number of carbonyl (C=O) groups is 1. The molecule has 1 N–H and O–H groups in total. The molecule has 0 radical (unpaired) electrons. The molecule has 162 valence electrons. The van der Waals surface area contributed by atoms with E-state index in [1.54, 1.807) is 22.2 Å². The van der Waals surface area contributed by atoms with Gasteiger partial charge < -0.3 is 5.32 Å². The van der Waals surface area contributed by atoms with E-state index in [0.717, 1.165) is 48.2 Å². The van der Waals surface area contributed by atoms with Crippen LogP contribution in [0.1, 0.15) is 46.1 Å². The van der Waals surface area contributed by atoms with Gasteiger partial charge in [0.2, 0.25) is 0 Å². The van der Waals surface area contributed by atoms with Crippen LogP contribution in [-0.2, 0) is 19.3 Å². The minimum Gasteiger partial charge on any atom is -0.349 e. The Kier molecular flexibility index (Phi) is 5.57. The predicted molar refractivity (Wildman–Crippen MR) is 126 cm³/mol. The number of rotatable bonds is 5. The standard InChI is InChI=1S/C25H25N5OS/c1-16(12-18-10-11-32-15-18)28-24(31)22-14-27-30(17(22)2)25-26-13-20-8-5-7-19-6-3-4-9-21(19)23(20)29-25/h3-4,6,9-11,13-16H,5,7-8,12H2,1-2H3,(H,28,31). The fourth-order valence-corrected chi connectivity index (χ4v) is 4.98. The van der Waals surface area contributed by atoms with Crippen molar-refractivity contribution < 1.29 is 4.79 Å². The first-order valence-corrected chi connectivity index (χ1v) is 11.9. The first kappa shape index (κ1) is 20.6. The van der Waals surface area contributed by atoms with Crippen molar-refractivity contribution in [3.8, 4) is 17.2 Å². The maximum Gasteiger partial charge on any atom is 0.254 e. The van der Waals surface area contributed by atoms with Crippen LogP contribution in [-0.4, -0.2) is 31.7 Å². The van der Waals surface area contributed by atoms with E-state index in [2.05, 4.69) is 56.5 Å². The highest BCUT2D eigenvalue weighted by atomic mass is 32.1. The molecule has 1 aliphatic carbocycles. The van der Waals surface area contributed by atoms with Gasteiger partial charge in [-0.2, -0.15) is 16.4 Å². The third-order valence-electron chi connectivity index (χ3n) is 5.96. The fraction of sp³-hybridized carbons (Fsp3) is 0.280. The minimum absolute atomic E-state index is 0.0279. The molecule has 1 amide bonds. The van der Waals surface area contributed by atoms with Crippen molar-refractivity contribution in [3.63, 3.8) is 0 Å². The van der Waals surface area contributed by atoms with Crippen molar-refractivity contribution in [3.05, 3.63) is 81.4 Å². The van der Waals surface area contributed by atoms with Gasteiger partial charge in [0.25, 0.3) is 11.9 Å². The number of benzene rings is 1. The maximum absolute atomic E-state index is 12.9. The summed E-state index contributed by atoms with van der Waals surface area (Å²) in [6, 6.07) is 10.5. The largest absolute Gasteiger partial charge is 0.349 e. The maximum atomic E-state index is 12.9. The van der Waals surface area contributed by atoms with Gasteiger partial charge in [-0.1, -0.05) is 24.3 Å². The summed E-state index contributed by atoms with van der Waals surface area (Å²) in [5.41, 5.74) is 7.10. The van der Waals surface area contributed by atoms with Gasteiger partial charge in [0.15, 0.2) is 0 Å². The summed E-state index contributed by atoms with van der Waals surface area (Å²) in [7, 11) is 0. The third kappa shape index (κ3) is 3.96. The van der Waals surface area contributed by atoms with Gasteiger partial charge in [0, 0.05) is 17.8 Å². The molecule has 3 aromatic heterocycles. The fourth-order valence-electron chi connectivity index (χ4n) is 4.30. The van der Waals surface area contributed by atoms with Crippen LogP contribution in [0.25, 0.3) is 17.2 Å². The number of thiophene rings is 1. The Labute approximate surface area is 191 Å². The smallest absolute Gasteiger partial charge is 0.254 e. The lowest BCUT2D eigenvalue weighted by Crippen LogP contribution is -2.34. The van der Waals surface area contributed by atoms with Gasteiger partial charge in [-0.05, 0) is 73.0 Å². The van der Waals surface area contributed by atoms with Crippen molar-refractivity contribution in [1.29, 1.82) is 0 Å². The Balaban J connectivity index is 1.42. The van der Waals surface area contributed by atoms with Crippen LogP contribution in [0.5, 0.6) is 0 Å². The van der Waals surface area contributed by atoms with Gasteiger partial charge >= 0.3 is 0 Å². The molecule has 0 fully saturated rings. The van der Waals surface area contributed by atoms with Crippen LogP contribution in [0.4, 0.5) is 0 Å². The van der Waals surface area contributed by atoms with Crippen LogP contribution in [0.2, 0.25) is 0 Å². The average molecular weight is 444 g/mol. The molecule has 3 heterocycles. The number of nitrogens with one attached hydrogen (secondary N) is 1. The minimum atomic E-state index is -0.128. The first-order chi connectivity index (χ1) is 15.6. The lowest BCUT2D eigenvalue weighted by Gasteiger charge is -2.13. The van der Waals surface area contributed by atoms with Gasteiger partial charge in [-0.15, -0.1) is 0 Å². The Morgan fingerprint density at radius 1 is 1.19 bits per heavy atom. The number of nitrogens with zero attached hydrogens (tertiary/aromatic N) is 4. The molecular weight excluding hydrogens is 418 g/mol. The molecule has 1 aromatic carbocycles. The summed E-state index contributed by atoms with van der Waals surface area (Å²) in [4.78, 5) is 22.4. The van der Waals surface area contributed by atoms with Crippen LogP contribution >= 0.6 is 11.3 Å². The summed E-state index contributed by atoms with van der Waals surface area (Å²) < 4.78 is 1.66. The topological polar surface area (TPSA) is 72.7 Å². The summed E-state index contributed by atoms with van der Waals surface area (Å²) in [6.07, 6.45) is 7.39. The van der Waals surface area contributed by atoms with E-state index in [1.165, 1.54) is 11.1 Å². The molecule has 6 nitrogen and oxygen atoms in total. The zero-order valence-corrected chi connectivity index (χ0v) is 19.0.